The van der Waals surface area contributed by atoms with E-state index in [0.29, 0.717) is 0 Å². The third-order valence-corrected chi connectivity index (χ3v) is 2.87. The van der Waals surface area contributed by atoms with Crippen LogP contribution in [0.2, 0.25) is 5.02 Å². The van der Waals surface area contributed by atoms with E-state index in [2.05, 4.69) is 22.2 Å². The number of rotatable bonds is 5. The molecule has 1 heterocycles. The summed E-state index contributed by atoms with van der Waals surface area (Å²) in [5.74, 6) is 0.831. The third-order valence-electron chi connectivity index (χ3n) is 2.61. The first-order chi connectivity index (χ1) is 8.78. The lowest BCUT2D eigenvalue weighted by atomic mass is 10.1. The summed E-state index contributed by atoms with van der Waals surface area (Å²) in [4.78, 5) is 8.73. The molecule has 4 heteroatoms. The smallest absolute Gasteiger partial charge is 0.132 e. The highest BCUT2D eigenvalue weighted by molar-refractivity contribution is 6.30. The molecule has 0 aliphatic rings. The lowest BCUT2D eigenvalue weighted by Crippen LogP contribution is -2.12. The average Bonchev–Trinajstić information content (AvgIpc) is 2.41. The second kappa shape index (κ2) is 6.47. The zero-order valence-corrected chi connectivity index (χ0v) is 11.1. The summed E-state index contributed by atoms with van der Waals surface area (Å²) in [5, 5.41) is 4.00. The maximum Gasteiger partial charge on any atom is 0.132 e. The van der Waals surface area contributed by atoms with Crippen LogP contribution in [0, 0.1) is 0 Å². The van der Waals surface area contributed by atoms with Crippen molar-refractivity contribution < 1.29 is 0 Å². The molecule has 0 fully saturated rings. The Bertz CT molecular complexity index is 479. The highest BCUT2D eigenvalue weighted by atomic mass is 35.5. The lowest BCUT2D eigenvalue weighted by molar-refractivity contribution is 0.718. The van der Waals surface area contributed by atoms with Crippen molar-refractivity contribution in [3.8, 4) is 0 Å². The minimum Gasteiger partial charge on any atom is -0.313 e. The highest BCUT2D eigenvalue weighted by Crippen LogP contribution is 2.11. The molecule has 1 N–H and O–H groups in total. The number of nitrogens with one attached hydrogen (secondary N) is 1. The van der Waals surface area contributed by atoms with Gasteiger partial charge in [0.25, 0.3) is 0 Å². The Kier molecular flexibility index (Phi) is 4.67. The molecule has 3 nitrogen and oxygen atoms in total. The van der Waals surface area contributed by atoms with Crippen molar-refractivity contribution in [1.29, 1.82) is 0 Å². The van der Waals surface area contributed by atoms with Gasteiger partial charge in [0.05, 0.1) is 0 Å². The number of hydrogen-bond acceptors (Lipinski definition) is 3. The molecular formula is C14H16ClN3. The van der Waals surface area contributed by atoms with Gasteiger partial charge in [0, 0.05) is 35.9 Å². The molecule has 0 atom stereocenters. The fourth-order valence-corrected chi connectivity index (χ4v) is 1.74. The Labute approximate surface area is 112 Å². The van der Waals surface area contributed by atoms with Crippen LogP contribution < -0.4 is 5.32 Å². The molecule has 94 valence electrons. The van der Waals surface area contributed by atoms with Crippen LogP contribution in [0.1, 0.15) is 23.9 Å². The van der Waals surface area contributed by atoms with E-state index >= 15 is 0 Å². The van der Waals surface area contributed by atoms with Crippen LogP contribution in [0.15, 0.2) is 36.7 Å². The van der Waals surface area contributed by atoms with E-state index in [1.807, 2.05) is 36.7 Å². The first kappa shape index (κ1) is 13.0. The molecule has 0 radical (unpaired) electrons. The standard InChI is InChI=1S/C14H16ClN3/c1-2-16-8-12-9-17-14(18-10-12)7-11-3-5-13(15)6-4-11/h3-6,9-10,16H,2,7-8H2,1H3. The largest absolute Gasteiger partial charge is 0.313 e. The van der Waals surface area contributed by atoms with Crippen molar-refractivity contribution in [3.05, 3.63) is 58.6 Å². The fraction of sp³-hybridized carbons (Fsp3) is 0.286. The van der Waals surface area contributed by atoms with E-state index in [4.69, 9.17) is 11.6 Å². The molecule has 18 heavy (non-hydrogen) atoms. The van der Waals surface area contributed by atoms with Crippen molar-refractivity contribution in [3.63, 3.8) is 0 Å². The van der Waals surface area contributed by atoms with E-state index < -0.39 is 0 Å². The predicted molar refractivity (Wildman–Crippen MR) is 73.7 cm³/mol. The predicted octanol–water partition coefficient (Wildman–Crippen LogP) is 2.83. The number of hydrogen-bond donors (Lipinski definition) is 1. The normalized spacial score (nSPS) is 10.6. The molecule has 0 amide bonds. The second-order valence-electron chi connectivity index (χ2n) is 4.09. The van der Waals surface area contributed by atoms with Crippen LogP contribution in [0.4, 0.5) is 0 Å². The Balaban J connectivity index is 1.99. The van der Waals surface area contributed by atoms with Crippen molar-refractivity contribution in [2.75, 3.05) is 6.54 Å². The van der Waals surface area contributed by atoms with Gasteiger partial charge >= 0.3 is 0 Å². The van der Waals surface area contributed by atoms with Gasteiger partial charge < -0.3 is 5.32 Å². The summed E-state index contributed by atoms with van der Waals surface area (Å²) in [7, 11) is 0. The van der Waals surface area contributed by atoms with Gasteiger partial charge in [-0.05, 0) is 24.2 Å². The average molecular weight is 262 g/mol. The Morgan fingerprint density at radius 2 is 1.72 bits per heavy atom. The zero-order valence-electron chi connectivity index (χ0n) is 10.4. The third kappa shape index (κ3) is 3.79. The maximum atomic E-state index is 5.85. The van der Waals surface area contributed by atoms with Crippen LogP contribution in [-0.4, -0.2) is 16.5 Å². The molecule has 0 aliphatic heterocycles. The van der Waals surface area contributed by atoms with Crippen LogP contribution in [0.25, 0.3) is 0 Å². The van der Waals surface area contributed by atoms with Crippen molar-refractivity contribution in [1.82, 2.24) is 15.3 Å². The quantitative estimate of drug-likeness (QED) is 0.899. The van der Waals surface area contributed by atoms with Gasteiger partial charge in [-0.1, -0.05) is 30.7 Å². The van der Waals surface area contributed by atoms with Crippen molar-refractivity contribution in [2.45, 2.75) is 19.9 Å². The number of halogens is 1. The van der Waals surface area contributed by atoms with E-state index in [9.17, 15) is 0 Å². The SMILES string of the molecule is CCNCc1cnc(Cc2ccc(Cl)cc2)nc1. The zero-order chi connectivity index (χ0) is 12.8. The van der Waals surface area contributed by atoms with Gasteiger partial charge in [0.15, 0.2) is 0 Å². The molecule has 1 aromatic heterocycles. The fourth-order valence-electron chi connectivity index (χ4n) is 1.62. The minimum atomic E-state index is 0.735. The topological polar surface area (TPSA) is 37.8 Å². The highest BCUT2D eigenvalue weighted by Gasteiger charge is 2.00. The first-order valence-electron chi connectivity index (χ1n) is 6.03. The van der Waals surface area contributed by atoms with Gasteiger partial charge in [-0.15, -0.1) is 0 Å². The molecule has 0 saturated carbocycles. The van der Waals surface area contributed by atoms with Crippen LogP contribution in [-0.2, 0) is 13.0 Å². The Hall–Kier alpha value is -1.45. The molecule has 0 aliphatic carbocycles. The Morgan fingerprint density at radius 1 is 1.06 bits per heavy atom. The first-order valence-corrected chi connectivity index (χ1v) is 6.40. The molecule has 0 spiro atoms. The van der Waals surface area contributed by atoms with Gasteiger partial charge in [0.2, 0.25) is 0 Å². The molecule has 0 saturated heterocycles. The summed E-state index contributed by atoms with van der Waals surface area (Å²) >= 11 is 5.85. The summed E-state index contributed by atoms with van der Waals surface area (Å²) in [6, 6.07) is 7.77. The van der Waals surface area contributed by atoms with Gasteiger partial charge in [0.1, 0.15) is 5.82 Å². The minimum absolute atomic E-state index is 0.735. The summed E-state index contributed by atoms with van der Waals surface area (Å²) in [5.41, 5.74) is 2.27. The molecule has 0 bridgehead atoms. The van der Waals surface area contributed by atoms with Crippen LogP contribution in [0.3, 0.4) is 0 Å². The molecule has 2 rings (SSSR count). The molecule has 0 unspecified atom stereocenters. The number of benzene rings is 1. The summed E-state index contributed by atoms with van der Waals surface area (Å²) in [6.45, 7) is 3.85. The summed E-state index contributed by atoms with van der Waals surface area (Å²) in [6.07, 6.45) is 4.49. The summed E-state index contributed by atoms with van der Waals surface area (Å²) < 4.78 is 0. The van der Waals surface area contributed by atoms with Gasteiger partial charge in [-0.2, -0.15) is 0 Å². The monoisotopic (exact) mass is 261 g/mol. The van der Waals surface area contributed by atoms with E-state index in [0.717, 1.165) is 35.9 Å². The van der Waals surface area contributed by atoms with Crippen LogP contribution >= 0.6 is 11.6 Å². The number of aromatic nitrogens is 2. The number of nitrogens with zero attached hydrogens (tertiary/aromatic N) is 2. The molecule has 2 aromatic rings. The Morgan fingerprint density at radius 3 is 2.33 bits per heavy atom. The van der Waals surface area contributed by atoms with E-state index in [1.54, 1.807) is 0 Å². The van der Waals surface area contributed by atoms with Gasteiger partial charge in [-0.3, -0.25) is 0 Å². The second-order valence-corrected chi connectivity index (χ2v) is 4.53. The lowest BCUT2D eigenvalue weighted by Gasteiger charge is -2.03. The van der Waals surface area contributed by atoms with E-state index in [1.165, 1.54) is 5.56 Å². The maximum absolute atomic E-state index is 5.85. The van der Waals surface area contributed by atoms with E-state index in [-0.39, 0.29) is 0 Å². The molecular weight excluding hydrogens is 246 g/mol. The van der Waals surface area contributed by atoms with Crippen molar-refractivity contribution in [2.24, 2.45) is 0 Å². The molecule has 1 aromatic carbocycles. The van der Waals surface area contributed by atoms with Crippen LogP contribution in [0.5, 0.6) is 0 Å². The van der Waals surface area contributed by atoms with Gasteiger partial charge in [-0.25, -0.2) is 9.97 Å². The van der Waals surface area contributed by atoms with Crippen molar-refractivity contribution >= 4 is 11.6 Å².